The number of anilines is 1. The second-order valence-corrected chi connectivity index (χ2v) is 9.06. The molecule has 2 aliphatic rings. The normalized spacial score (nSPS) is 19.6. The van der Waals surface area contributed by atoms with Gasteiger partial charge in [-0.05, 0) is 41.7 Å². The summed E-state index contributed by atoms with van der Waals surface area (Å²) in [5, 5.41) is 6.48. The Morgan fingerprint density at radius 2 is 1.88 bits per heavy atom. The van der Waals surface area contributed by atoms with Crippen LogP contribution in [0.1, 0.15) is 38.3 Å². The van der Waals surface area contributed by atoms with E-state index in [1.807, 2.05) is 42.5 Å². The van der Waals surface area contributed by atoms with Gasteiger partial charge in [0.1, 0.15) is 11.6 Å². The first-order valence-electron chi connectivity index (χ1n) is 10.8. The predicted octanol–water partition coefficient (Wildman–Crippen LogP) is 4.60. The SMILES string of the molecule is COc1ccc(C2N=C(Nc3nc4ccccc4o3)NC3=C2C(=O)CC(C)(C)C3)cc1OC. The number of carbonyl (C=O) groups excluding carboxylic acids is 1. The van der Waals surface area contributed by atoms with Crippen LogP contribution in [0.5, 0.6) is 11.5 Å². The van der Waals surface area contributed by atoms with Crippen LogP contribution in [-0.2, 0) is 4.79 Å². The van der Waals surface area contributed by atoms with Gasteiger partial charge in [0.15, 0.2) is 22.9 Å². The van der Waals surface area contributed by atoms with Crippen molar-refractivity contribution in [2.24, 2.45) is 10.4 Å². The highest BCUT2D eigenvalue weighted by atomic mass is 16.5. The van der Waals surface area contributed by atoms with E-state index in [2.05, 4.69) is 29.5 Å². The van der Waals surface area contributed by atoms with Gasteiger partial charge in [0.2, 0.25) is 5.96 Å². The zero-order chi connectivity index (χ0) is 23.2. The standard InChI is InChI=1S/C25H26N4O4/c1-25(2)12-16-21(17(30)13-25)22(14-9-10-19(31-3)20(11-14)32-4)28-23(26-16)29-24-27-15-7-5-6-8-18(15)33-24/h5-11,22H,12-13H2,1-4H3,(H2,26,27,28,29). The Balaban J connectivity index is 1.56. The van der Waals surface area contributed by atoms with Gasteiger partial charge in [0, 0.05) is 17.7 Å². The van der Waals surface area contributed by atoms with Crippen LogP contribution in [0.4, 0.5) is 6.01 Å². The van der Waals surface area contributed by atoms with Crippen LogP contribution in [0, 0.1) is 5.41 Å². The van der Waals surface area contributed by atoms with Crippen LogP contribution in [0.3, 0.4) is 0 Å². The van der Waals surface area contributed by atoms with E-state index in [0.29, 0.717) is 41.1 Å². The molecular weight excluding hydrogens is 420 g/mol. The molecule has 2 heterocycles. The number of ether oxygens (including phenoxy) is 2. The summed E-state index contributed by atoms with van der Waals surface area (Å²) in [4.78, 5) is 22.5. The molecule has 1 aliphatic carbocycles. The fourth-order valence-corrected chi connectivity index (χ4v) is 4.49. The number of para-hydroxylation sites is 2. The highest BCUT2D eigenvalue weighted by Gasteiger charge is 2.39. The molecule has 33 heavy (non-hydrogen) atoms. The summed E-state index contributed by atoms with van der Waals surface area (Å²) in [7, 11) is 3.18. The lowest BCUT2D eigenvalue weighted by Gasteiger charge is -2.37. The molecule has 0 radical (unpaired) electrons. The van der Waals surface area contributed by atoms with Crippen LogP contribution in [0.25, 0.3) is 11.1 Å². The lowest BCUT2D eigenvalue weighted by molar-refractivity contribution is -0.118. The third-order valence-electron chi connectivity index (χ3n) is 5.96. The van der Waals surface area contributed by atoms with Gasteiger partial charge in [0.05, 0.1) is 14.2 Å². The molecule has 0 fully saturated rings. The van der Waals surface area contributed by atoms with Crippen LogP contribution >= 0.6 is 0 Å². The smallest absolute Gasteiger partial charge is 0.302 e. The van der Waals surface area contributed by atoms with Crippen molar-refractivity contribution in [2.75, 3.05) is 19.5 Å². The number of nitrogens with zero attached hydrogens (tertiary/aromatic N) is 2. The molecule has 1 unspecified atom stereocenters. The Kier molecular flexibility index (Phi) is 5.08. The molecule has 5 rings (SSSR count). The number of allylic oxidation sites excluding steroid dienone is 1. The zero-order valence-electron chi connectivity index (χ0n) is 19.1. The number of guanidine groups is 1. The minimum Gasteiger partial charge on any atom is -0.493 e. The van der Waals surface area contributed by atoms with Gasteiger partial charge in [-0.25, -0.2) is 4.99 Å². The number of benzene rings is 2. The summed E-state index contributed by atoms with van der Waals surface area (Å²) in [5.41, 5.74) is 3.68. The number of carbonyl (C=O) groups is 1. The van der Waals surface area contributed by atoms with Gasteiger partial charge in [-0.2, -0.15) is 4.98 Å². The second kappa shape index (κ2) is 7.95. The number of aliphatic imine (C=N–C) groups is 1. The Bertz CT molecular complexity index is 1270. The molecule has 0 bridgehead atoms. The summed E-state index contributed by atoms with van der Waals surface area (Å²) >= 11 is 0. The average Bonchev–Trinajstić information content (AvgIpc) is 3.19. The molecule has 1 aliphatic heterocycles. The number of hydrogen-bond acceptors (Lipinski definition) is 8. The van der Waals surface area contributed by atoms with E-state index >= 15 is 0 Å². The summed E-state index contributed by atoms with van der Waals surface area (Å²) < 4.78 is 16.7. The fraction of sp³-hybridized carbons (Fsp3) is 0.320. The quantitative estimate of drug-likeness (QED) is 0.604. The molecule has 170 valence electrons. The van der Waals surface area contributed by atoms with E-state index in [4.69, 9.17) is 18.9 Å². The van der Waals surface area contributed by atoms with Gasteiger partial charge in [-0.1, -0.05) is 32.0 Å². The molecule has 1 atom stereocenters. The number of ketones is 1. The Hall–Kier alpha value is -3.81. The van der Waals surface area contributed by atoms with Crippen LogP contribution in [-0.4, -0.2) is 30.9 Å². The van der Waals surface area contributed by atoms with Gasteiger partial charge >= 0.3 is 6.01 Å². The van der Waals surface area contributed by atoms with Crippen molar-refractivity contribution in [2.45, 2.75) is 32.7 Å². The number of aromatic nitrogens is 1. The van der Waals surface area contributed by atoms with Crippen LogP contribution in [0.15, 0.2) is 63.1 Å². The van der Waals surface area contributed by atoms with E-state index in [1.165, 1.54) is 0 Å². The average molecular weight is 447 g/mol. The largest absolute Gasteiger partial charge is 0.493 e. The van der Waals surface area contributed by atoms with Crippen LogP contribution < -0.4 is 20.1 Å². The number of nitrogens with one attached hydrogen (secondary N) is 2. The molecule has 2 N–H and O–H groups in total. The van der Waals surface area contributed by atoms with Crippen molar-refractivity contribution in [3.63, 3.8) is 0 Å². The zero-order valence-corrected chi connectivity index (χ0v) is 19.1. The predicted molar refractivity (Wildman–Crippen MR) is 126 cm³/mol. The maximum absolute atomic E-state index is 13.2. The van der Waals surface area contributed by atoms with Crippen molar-refractivity contribution in [1.82, 2.24) is 10.3 Å². The van der Waals surface area contributed by atoms with E-state index in [-0.39, 0.29) is 11.2 Å². The maximum atomic E-state index is 13.2. The minimum atomic E-state index is -0.489. The highest BCUT2D eigenvalue weighted by Crippen LogP contribution is 2.44. The Morgan fingerprint density at radius 3 is 2.64 bits per heavy atom. The third kappa shape index (κ3) is 3.92. The van der Waals surface area contributed by atoms with E-state index in [9.17, 15) is 4.79 Å². The second-order valence-electron chi connectivity index (χ2n) is 9.06. The molecule has 0 saturated heterocycles. The summed E-state index contributed by atoms with van der Waals surface area (Å²) in [6, 6.07) is 13.0. The summed E-state index contributed by atoms with van der Waals surface area (Å²) in [6.45, 7) is 4.20. The maximum Gasteiger partial charge on any atom is 0.302 e. The fourth-order valence-electron chi connectivity index (χ4n) is 4.49. The molecule has 0 amide bonds. The molecule has 3 aromatic rings. The van der Waals surface area contributed by atoms with Gasteiger partial charge in [-0.3, -0.25) is 10.1 Å². The lowest BCUT2D eigenvalue weighted by atomic mass is 9.73. The molecule has 1 aromatic heterocycles. The number of methoxy groups -OCH3 is 2. The number of hydrogen-bond donors (Lipinski definition) is 2. The van der Waals surface area contributed by atoms with Crippen molar-refractivity contribution in [3.05, 3.63) is 59.3 Å². The highest BCUT2D eigenvalue weighted by molar-refractivity contribution is 6.03. The Morgan fingerprint density at radius 1 is 1.09 bits per heavy atom. The monoisotopic (exact) mass is 446 g/mol. The Labute approximate surface area is 191 Å². The molecule has 0 saturated carbocycles. The molecular formula is C25H26N4O4. The number of fused-ring (bicyclic) bond motifs is 1. The van der Waals surface area contributed by atoms with E-state index < -0.39 is 6.04 Å². The van der Waals surface area contributed by atoms with E-state index in [0.717, 1.165) is 23.2 Å². The number of rotatable bonds is 4. The van der Waals surface area contributed by atoms with Crippen molar-refractivity contribution in [1.29, 1.82) is 0 Å². The first-order valence-corrected chi connectivity index (χ1v) is 10.8. The van der Waals surface area contributed by atoms with E-state index in [1.54, 1.807) is 14.2 Å². The molecule has 8 heteroatoms. The minimum absolute atomic E-state index is 0.0956. The summed E-state index contributed by atoms with van der Waals surface area (Å²) in [6.07, 6.45) is 1.20. The first kappa shape index (κ1) is 21.1. The van der Waals surface area contributed by atoms with Gasteiger partial charge in [0.25, 0.3) is 0 Å². The van der Waals surface area contributed by atoms with Gasteiger partial charge in [-0.15, -0.1) is 0 Å². The molecule has 2 aromatic carbocycles. The number of oxazole rings is 1. The van der Waals surface area contributed by atoms with Crippen molar-refractivity contribution in [3.8, 4) is 11.5 Å². The van der Waals surface area contributed by atoms with Crippen molar-refractivity contribution >= 4 is 28.9 Å². The first-order chi connectivity index (χ1) is 15.9. The topological polar surface area (TPSA) is 98.0 Å². The van der Waals surface area contributed by atoms with Gasteiger partial charge < -0.3 is 19.2 Å². The molecule has 8 nitrogen and oxygen atoms in total. The third-order valence-corrected chi connectivity index (χ3v) is 5.96. The van der Waals surface area contributed by atoms with Crippen molar-refractivity contribution < 1.29 is 18.7 Å². The lowest BCUT2D eigenvalue weighted by Crippen LogP contribution is -2.41. The summed E-state index contributed by atoms with van der Waals surface area (Å²) in [5.74, 6) is 1.78. The molecule has 0 spiro atoms. The number of Topliss-reactive ketones (excluding diaryl/α,β-unsaturated/α-hetero) is 1. The van der Waals surface area contributed by atoms with Crippen LogP contribution in [0.2, 0.25) is 0 Å².